The Kier molecular flexibility index (Phi) is 5.78. The lowest BCUT2D eigenvalue weighted by atomic mass is 10.1. The molecule has 1 aliphatic heterocycles. The first-order valence-corrected chi connectivity index (χ1v) is 9.00. The molecule has 1 saturated heterocycles. The van der Waals surface area contributed by atoms with E-state index in [9.17, 15) is 9.59 Å². The number of rotatable bonds is 5. The lowest BCUT2D eigenvalue weighted by molar-refractivity contribution is -0.119. The highest BCUT2D eigenvalue weighted by atomic mass is 35.5. The Balaban J connectivity index is 1.59. The number of halogens is 1. The third-order valence-electron chi connectivity index (χ3n) is 4.28. The molecule has 0 unspecified atom stereocenters. The lowest BCUT2D eigenvalue weighted by Gasteiger charge is -2.28. The first kappa shape index (κ1) is 18.3. The molecule has 0 aliphatic carbocycles. The average molecular weight is 373 g/mol. The molecule has 5 nitrogen and oxygen atoms in total. The standard InChI is InChI=1S/C20H21ClN2O3/c1-14-12-16(7-10-18(14)23-11-3-2-4-20(23)25)22-19(24)13-26-17-8-5-15(21)6-9-17/h5-10,12H,2-4,11,13H2,1H3,(H,22,24). The van der Waals surface area contributed by atoms with E-state index in [2.05, 4.69) is 5.32 Å². The van der Waals surface area contributed by atoms with Crippen molar-refractivity contribution < 1.29 is 14.3 Å². The summed E-state index contributed by atoms with van der Waals surface area (Å²) in [5.41, 5.74) is 2.54. The number of carbonyl (C=O) groups excluding carboxylic acids is 2. The van der Waals surface area contributed by atoms with E-state index >= 15 is 0 Å². The summed E-state index contributed by atoms with van der Waals surface area (Å²) in [7, 11) is 0. The number of piperidine rings is 1. The smallest absolute Gasteiger partial charge is 0.262 e. The summed E-state index contributed by atoms with van der Waals surface area (Å²) in [5.74, 6) is 0.494. The van der Waals surface area contributed by atoms with E-state index in [0.717, 1.165) is 30.6 Å². The van der Waals surface area contributed by atoms with Gasteiger partial charge in [0.1, 0.15) is 5.75 Å². The largest absolute Gasteiger partial charge is 0.484 e. The highest BCUT2D eigenvalue weighted by Crippen LogP contribution is 2.27. The number of hydrogen-bond donors (Lipinski definition) is 1. The fourth-order valence-corrected chi connectivity index (χ4v) is 3.10. The fraction of sp³-hybridized carbons (Fsp3) is 0.300. The maximum atomic E-state index is 12.1. The van der Waals surface area contributed by atoms with E-state index in [1.165, 1.54) is 0 Å². The van der Waals surface area contributed by atoms with Gasteiger partial charge in [-0.15, -0.1) is 0 Å². The van der Waals surface area contributed by atoms with Crippen molar-refractivity contribution >= 4 is 34.8 Å². The van der Waals surface area contributed by atoms with E-state index in [1.54, 1.807) is 24.3 Å². The second kappa shape index (κ2) is 8.23. The molecule has 26 heavy (non-hydrogen) atoms. The monoisotopic (exact) mass is 372 g/mol. The van der Waals surface area contributed by atoms with Crippen LogP contribution in [0.15, 0.2) is 42.5 Å². The second-order valence-electron chi connectivity index (χ2n) is 6.29. The van der Waals surface area contributed by atoms with E-state index in [4.69, 9.17) is 16.3 Å². The molecule has 0 spiro atoms. The van der Waals surface area contributed by atoms with Crippen LogP contribution in [0, 0.1) is 6.92 Å². The molecule has 2 aromatic rings. The van der Waals surface area contributed by atoms with Crippen LogP contribution < -0.4 is 15.0 Å². The molecule has 0 atom stereocenters. The number of aryl methyl sites for hydroxylation is 1. The van der Waals surface area contributed by atoms with Crippen molar-refractivity contribution in [3.63, 3.8) is 0 Å². The number of ether oxygens (including phenoxy) is 1. The number of nitrogens with zero attached hydrogens (tertiary/aromatic N) is 1. The van der Waals surface area contributed by atoms with Gasteiger partial charge in [0, 0.05) is 29.4 Å². The van der Waals surface area contributed by atoms with Gasteiger partial charge in [0.05, 0.1) is 0 Å². The first-order chi connectivity index (χ1) is 12.5. The van der Waals surface area contributed by atoms with Gasteiger partial charge in [-0.2, -0.15) is 0 Å². The summed E-state index contributed by atoms with van der Waals surface area (Å²) in [6, 6.07) is 12.4. The highest BCUT2D eigenvalue weighted by molar-refractivity contribution is 6.30. The van der Waals surface area contributed by atoms with Crippen molar-refractivity contribution in [3.05, 3.63) is 53.1 Å². The van der Waals surface area contributed by atoms with Crippen molar-refractivity contribution in [1.82, 2.24) is 0 Å². The van der Waals surface area contributed by atoms with Gasteiger partial charge in [-0.05, 0) is 67.8 Å². The number of carbonyl (C=O) groups is 2. The molecule has 2 aromatic carbocycles. The number of amides is 2. The van der Waals surface area contributed by atoms with E-state index in [-0.39, 0.29) is 18.4 Å². The second-order valence-corrected chi connectivity index (χ2v) is 6.73. The highest BCUT2D eigenvalue weighted by Gasteiger charge is 2.21. The molecule has 2 amide bonds. The summed E-state index contributed by atoms with van der Waals surface area (Å²) in [6.45, 7) is 2.60. The van der Waals surface area contributed by atoms with Crippen LogP contribution >= 0.6 is 11.6 Å². The number of nitrogens with one attached hydrogen (secondary N) is 1. The van der Waals surface area contributed by atoms with Crippen molar-refractivity contribution in [2.45, 2.75) is 26.2 Å². The molecule has 6 heteroatoms. The Morgan fingerprint density at radius 3 is 2.65 bits per heavy atom. The number of hydrogen-bond acceptors (Lipinski definition) is 3. The van der Waals surface area contributed by atoms with Gasteiger partial charge in [0.2, 0.25) is 5.91 Å². The quantitative estimate of drug-likeness (QED) is 0.856. The van der Waals surface area contributed by atoms with Crippen molar-refractivity contribution in [2.75, 3.05) is 23.4 Å². The van der Waals surface area contributed by atoms with E-state index < -0.39 is 0 Å². The summed E-state index contributed by atoms with van der Waals surface area (Å²) in [4.78, 5) is 26.0. The van der Waals surface area contributed by atoms with Gasteiger partial charge in [0.15, 0.2) is 6.61 Å². The Labute approximate surface area is 157 Å². The minimum atomic E-state index is -0.249. The molecule has 0 saturated carbocycles. The van der Waals surface area contributed by atoms with Crippen LogP contribution in [0.4, 0.5) is 11.4 Å². The van der Waals surface area contributed by atoms with Gasteiger partial charge in [0.25, 0.3) is 5.91 Å². The Morgan fingerprint density at radius 2 is 1.96 bits per heavy atom. The molecule has 0 radical (unpaired) electrons. The Hall–Kier alpha value is -2.53. The molecule has 0 aromatic heterocycles. The third kappa shape index (κ3) is 4.55. The molecular weight excluding hydrogens is 352 g/mol. The maximum Gasteiger partial charge on any atom is 0.262 e. The zero-order chi connectivity index (χ0) is 18.5. The van der Waals surface area contributed by atoms with Crippen LogP contribution in [-0.4, -0.2) is 25.0 Å². The van der Waals surface area contributed by atoms with Crippen LogP contribution in [0.3, 0.4) is 0 Å². The maximum absolute atomic E-state index is 12.1. The molecule has 136 valence electrons. The van der Waals surface area contributed by atoms with Gasteiger partial charge < -0.3 is 15.0 Å². The topological polar surface area (TPSA) is 58.6 Å². The van der Waals surface area contributed by atoms with E-state index in [1.807, 2.05) is 30.0 Å². The molecule has 3 rings (SSSR count). The van der Waals surface area contributed by atoms with Gasteiger partial charge in [-0.1, -0.05) is 11.6 Å². The normalized spacial score (nSPS) is 14.2. The van der Waals surface area contributed by atoms with Crippen molar-refractivity contribution in [3.8, 4) is 5.75 Å². The molecule has 1 heterocycles. The summed E-state index contributed by atoms with van der Waals surface area (Å²) < 4.78 is 5.43. The summed E-state index contributed by atoms with van der Waals surface area (Å²) in [6.07, 6.45) is 2.57. The van der Waals surface area contributed by atoms with Crippen LogP contribution in [0.5, 0.6) is 5.75 Å². The molecule has 0 bridgehead atoms. The first-order valence-electron chi connectivity index (χ1n) is 8.62. The zero-order valence-corrected chi connectivity index (χ0v) is 15.4. The fourth-order valence-electron chi connectivity index (χ4n) is 2.97. The summed E-state index contributed by atoms with van der Waals surface area (Å²) >= 11 is 5.82. The molecule has 1 N–H and O–H groups in total. The van der Waals surface area contributed by atoms with Gasteiger partial charge >= 0.3 is 0 Å². The van der Waals surface area contributed by atoms with E-state index in [0.29, 0.717) is 22.9 Å². The molecule has 1 fully saturated rings. The van der Waals surface area contributed by atoms with Crippen LogP contribution in [0.25, 0.3) is 0 Å². The van der Waals surface area contributed by atoms with Crippen molar-refractivity contribution in [1.29, 1.82) is 0 Å². The van der Waals surface area contributed by atoms with Gasteiger partial charge in [-0.25, -0.2) is 0 Å². The Bertz CT molecular complexity index is 805. The molecule has 1 aliphatic rings. The predicted molar refractivity (Wildman–Crippen MR) is 103 cm³/mol. The predicted octanol–water partition coefficient (Wildman–Crippen LogP) is 4.18. The minimum absolute atomic E-state index is 0.0902. The van der Waals surface area contributed by atoms with Crippen LogP contribution in [0.2, 0.25) is 5.02 Å². The minimum Gasteiger partial charge on any atom is -0.484 e. The average Bonchev–Trinajstić information content (AvgIpc) is 2.62. The van der Waals surface area contributed by atoms with Crippen LogP contribution in [0.1, 0.15) is 24.8 Å². The van der Waals surface area contributed by atoms with Gasteiger partial charge in [-0.3, -0.25) is 9.59 Å². The van der Waals surface area contributed by atoms with Crippen LogP contribution in [-0.2, 0) is 9.59 Å². The Morgan fingerprint density at radius 1 is 1.19 bits per heavy atom. The number of benzene rings is 2. The molecular formula is C20H21ClN2O3. The van der Waals surface area contributed by atoms with Crippen molar-refractivity contribution in [2.24, 2.45) is 0 Å². The zero-order valence-electron chi connectivity index (χ0n) is 14.6. The lowest BCUT2D eigenvalue weighted by Crippen LogP contribution is -2.35. The number of anilines is 2. The third-order valence-corrected chi connectivity index (χ3v) is 4.53. The SMILES string of the molecule is Cc1cc(NC(=O)COc2ccc(Cl)cc2)ccc1N1CCCCC1=O. The summed E-state index contributed by atoms with van der Waals surface area (Å²) in [5, 5.41) is 3.43.